The Kier molecular flexibility index (Phi) is 7.95. The van der Waals surface area contributed by atoms with Crippen LogP contribution in [0.4, 0.5) is 0 Å². The first-order valence-corrected chi connectivity index (χ1v) is 9.53. The average molecular weight is 380 g/mol. The molecule has 0 spiro atoms. The van der Waals surface area contributed by atoms with Crippen LogP contribution >= 0.6 is 23.4 Å². The van der Waals surface area contributed by atoms with Crippen molar-refractivity contribution < 1.29 is 14.3 Å². The summed E-state index contributed by atoms with van der Waals surface area (Å²) >= 11 is 7.85. The van der Waals surface area contributed by atoms with E-state index in [0.29, 0.717) is 18.0 Å². The van der Waals surface area contributed by atoms with Crippen molar-refractivity contribution in [2.75, 3.05) is 19.4 Å². The molecule has 0 bridgehead atoms. The predicted molar refractivity (Wildman–Crippen MR) is 104 cm³/mol. The van der Waals surface area contributed by atoms with E-state index < -0.39 is 6.10 Å². The Morgan fingerprint density at radius 3 is 2.72 bits per heavy atom. The third kappa shape index (κ3) is 6.52. The Balaban J connectivity index is 1.68. The van der Waals surface area contributed by atoms with Crippen LogP contribution in [0.1, 0.15) is 12.5 Å². The molecular formula is C19H22ClNO3S. The number of nitrogens with one attached hydrogen (secondary N) is 1. The van der Waals surface area contributed by atoms with Gasteiger partial charge in [-0.25, -0.2) is 0 Å². The van der Waals surface area contributed by atoms with Gasteiger partial charge < -0.3 is 14.8 Å². The van der Waals surface area contributed by atoms with E-state index in [1.165, 1.54) is 0 Å². The minimum Gasteiger partial charge on any atom is -0.497 e. The summed E-state index contributed by atoms with van der Waals surface area (Å²) in [6.07, 6.45) is -0.569. The molecule has 25 heavy (non-hydrogen) atoms. The van der Waals surface area contributed by atoms with Crippen LogP contribution in [-0.4, -0.2) is 31.4 Å². The number of hydrogen-bond donors (Lipinski definition) is 1. The highest BCUT2D eigenvalue weighted by atomic mass is 35.5. The number of ether oxygens (including phenoxy) is 2. The van der Waals surface area contributed by atoms with E-state index in [-0.39, 0.29) is 5.91 Å². The molecule has 0 saturated carbocycles. The second-order valence-electron chi connectivity index (χ2n) is 5.37. The molecule has 0 radical (unpaired) electrons. The van der Waals surface area contributed by atoms with Gasteiger partial charge in [0.1, 0.15) is 11.5 Å². The number of methoxy groups -OCH3 is 1. The summed E-state index contributed by atoms with van der Waals surface area (Å²) in [5.41, 5.74) is 1.11. The first kappa shape index (κ1) is 19.5. The molecular weight excluding hydrogens is 358 g/mol. The fraction of sp³-hybridized carbons (Fsp3) is 0.316. The van der Waals surface area contributed by atoms with Gasteiger partial charge in [-0.15, -0.1) is 0 Å². The average Bonchev–Trinajstić information content (AvgIpc) is 2.62. The van der Waals surface area contributed by atoms with E-state index in [1.54, 1.807) is 37.9 Å². The van der Waals surface area contributed by atoms with Crippen molar-refractivity contribution in [2.45, 2.75) is 18.8 Å². The number of thioether (sulfide) groups is 1. The number of carbonyl (C=O) groups excluding carboxylic acids is 1. The molecule has 1 atom stereocenters. The minimum atomic E-state index is -0.569. The molecule has 0 fully saturated rings. The number of halogens is 1. The van der Waals surface area contributed by atoms with Crippen LogP contribution in [0, 0.1) is 0 Å². The smallest absolute Gasteiger partial charge is 0.260 e. The van der Waals surface area contributed by atoms with E-state index in [2.05, 4.69) is 5.32 Å². The van der Waals surface area contributed by atoms with E-state index >= 15 is 0 Å². The van der Waals surface area contributed by atoms with E-state index in [0.717, 1.165) is 22.1 Å². The standard InChI is InChI=1S/C19H22ClNO3S/c1-14(24-17-8-5-7-16(12-17)23-2)19(22)21-10-11-25-13-15-6-3-4-9-18(15)20/h3-9,12,14H,10-11,13H2,1-2H3,(H,21,22)/t14-/m1/s1. The third-order valence-electron chi connectivity index (χ3n) is 3.48. The summed E-state index contributed by atoms with van der Waals surface area (Å²) < 4.78 is 10.8. The maximum absolute atomic E-state index is 12.1. The van der Waals surface area contributed by atoms with Gasteiger partial charge in [-0.2, -0.15) is 11.8 Å². The molecule has 6 heteroatoms. The lowest BCUT2D eigenvalue weighted by atomic mass is 10.2. The first-order chi connectivity index (χ1) is 12.1. The predicted octanol–water partition coefficient (Wildman–Crippen LogP) is 4.17. The molecule has 0 saturated heterocycles. The minimum absolute atomic E-state index is 0.138. The molecule has 0 heterocycles. The van der Waals surface area contributed by atoms with Gasteiger partial charge in [0.2, 0.25) is 0 Å². The Hall–Kier alpha value is -1.85. The lowest BCUT2D eigenvalue weighted by molar-refractivity contribution is -0.127. The molecule has 0 aromatic heterocycles. The summed E-state index contributed by atoms with van der Waals surface area (Å²) in [6, 6.07) is 15.0. The molecule has 0 unspecified atom stereocenters. The van der Waals surface area contributed by atoms with Gasteiger partial charge >= 0.3 is 0 Å². The second-order valence-corrected chi connectivity index (χ2v) is 6.89. The Bertz CT molecular complexity index is 696. The van der Waals surface area contributed by atoms with Gasteiger partial charge in [-0.3, -0.25) is 4.79 Å². The molecule has 134 valence electrons. The van der Waals surface area contributed by atoms with Gasteiger partial charge in [0.15, 0.2) is 6.10 Å². The number of rotatable bonds is 9. The van der Waals surface area contributed by atoms with Crippen LogP contribution in [0.5, 0.6) is 11.5 Å². The number of carbonyl (C=O) groups is 1. The fourth-order valence-corrected chi connectivity index (χ4v) is 3.26. The lowest BCUT2D eigenvalue weighted by Gasteiger charge is -2.15. The van der Waals surface area contributed by atoms with Crippen LogP contribution in [-0.2, 0) is 10.5 Å². The van der Waals surface area contributed by atoms with Gasteiger partial charge in [0.25, 0.3) is 5.91 Å². The highest BCUT2D eigenvalue weighted by molar-refractivity contribution is 7.98. The van der Waals surface area contributed by atoms with Crippen molar-refractivity contribution in [1.29, 1.82) is 0 Å². The van der Waals surface area contributed by atoms with Crippen molar-refractivity contribution in [1.82, 2.24) is 5.32 Å². The fourth-order valence-electron chi connectivity index (χ4n) is 2.12. The molecule has 2 aromatic rings. The summed E-state index contributed by atoms with van der Waals surface area (Å²) in [7, 11) is 1.59. The summed E-state index contributed by atoms with van der Waals surface area (Å²) in [6.45, 7) is 2.31. The second kappa shape index (κ2) is 10.2. The number of benzene rings is 2. The highest BCUT2D eigenvalue weighted by Gasteiger charge is 2.14. The zero-order valence-corrected chi connectivity index (χ0v) is 15.9. The number of hydrogen-bond acceptors (Lipinski definition) is 4. The molecule has 4 nitrogen and oxygen atoms in total. The van der Waals surface area contributed by atoms with Crippen LogP contribution in [0.2, 0.25) is 5.02 Å². The maximum atomic E-state index is 12.1. The van der Waals surface area contributed by atoms with Crippen LogP contribution in [0.3, 0.4) is 0 Å². The Morgan fingerprint density at radius 1 is 1.20 bits per heavy atom. The SMILES string of the molecule is COc1cccc(O[C@H](C)C(=O)NCCSCc2ccccc2Cl)c1. The quantitative estimate of drug-likeness (QED) is 0.664. The first-order valence-electron chi connectivity index (χ1n) is 7.99. The van der Waals surface area contributed by atoms with Crippen molar-refractivity contribution in [2.24, 2.45) is 0 Å². The summed E-state index contributed by atoms with van der Waals surface area (Å²) in [4.78, 5) is 12.1. The van der Waals surface area contributed by atoms with Gasteiger partial charge in [0, 0.05) is 29.1 Å². The molecule has 2 rings (SSSR count). The molecule has 1 N–H and O–H groups in total. The molecule has 1 amide bonds. The topological polar surface area (TPSA) is 47.6 Å². The van der Waals surface area contributed by atoms with E-state index in [9.17, 15) is 4.79 Å². The molecule has 0 aliphatic heterocycles. The largest absolute Gasteiger partial charge is 0.497 e. The van der Waals surface area contributed by atoms with Crippen LogP contribution < -0.4 is 14.8 Å². The van der Waals surface area contributed by atoms with Crippen molar-refractivity contribution in [3.8, 4) is 11.5 Å². The van der Waals surface area contributed by atoms with Crippen LogP contribution in [0.15, 0.2) is 48.5 Å². The highest BCUT2D eigenvalue weighted by Crippen LogP contribution is 2.21. The Morgan fingerprint density at radius 2 is 1.96 bits per heavy atom. The lowest BCUT2D eigenvalue weighted by Crippen LogP contribution is -2.37. The van der Waals surface area contributed by atoms with E-state index in [1.807, 2.05) is 36.4 Å². The maximum Gasteiger partial charge on any atom is 0.260 e. The zero-order valence-electron chi connectivity index (χ0n) is 14.3. The van der Waals surface area contributed by atoms with Gasteiger partial charge in [-0.1, -0.05) is 35.9 Å². The van der Waals surface area contributed by atoms with Gasteiger partial charge in [-0.05, 0) is 30.7 Å². The van der Waals surface area contributed by atoms with Crippen molar-refractivity contribution >= 4 is 29.3 Å². The third-order valence-corrected chi connectivity index (χ3v) is 4.86. The normalized spacial score (nSPS) is 11.6. The van der Waals surface area contributed by atoms with E-state index in [4.69, 9.17) is 21.1 Å². The number of amides is 1. The van der Waals surface area contributed by atoms with Gasteiger partial charge in [0.05, 0.1) is 7.11 Å². The zero-order chi connectivity index (χ0) is 18.1. The van der Waals surface area contributed by atoms with Crippen molar-refractivity contribution in [3.63, 3.8) is 0 Å². The van der Waals surface area contributed by atoms with Crippen molar-refractivity contribution in [3.05, 3.63) is 59.1 Å². The molecule has 2 aromatic carbocycles. The molecule has 0 aliphatic carbocycles. The molecule has 0 aliphatic rings. The Labute approximate surface area is 157 Å². The summed E-state index contributed by atoms with van der Waals surface area (Å²) in [5, 5.41) is 3.66. The van der Waals surface area contributed by atoms with Crippen LogP contribution in [0.25, 0.3) is 0 Å². The monoisotopic (exact) mass is 379 g/mol. The summed E-state index contributed by atoms with van der Waals surface area (Å²) in [5.74, 6) is 2.80.